The molecule has 0 N–H and O–H groups in total. The largest absolute Gasteiger partial charge is 0.493 e. The molecule has 3 nitrogen and oxygen atoms in total. The Labute approximate surface area is 137 Å². The van der Waals surface area contributed by atoms with Crippen LogP contribution in [0.5, 0.6) is 5.75 Å². The molecule has 0 aromatic heterocycles. The van der Waals surface area contributed by atoms with E-state index in [0.29, 0.717) is 30.9 Å². The van der Waals surface area contributed by atoms with Crippen LogP contribution in [0.3, 0.4) is 0 Å². The number of halogens is 1. The smallest absolute Gasteiger partial charge is 0.222 e. The van der Waals surface area contributed by atoms with Crippen molar-refractivity contribution in [2.75, 3.05) is 20.2 Å². The molecule has 124 valence electrons. The van der Waals surface area contributed by atoms with Gasteiger partial charge in [-0.3, -0.25) is 4.79 Å². The fraction of sp³-hybridized carbons (Fsp3) is 0.526. The first kappa shape index (κ1) is 17.3. The molecule has 1 aromatic carbocycles. The number of carbonyl (C=O) groups is 1. The van der Waals surface area contributed by atoms with Crippen molar-refractivity contribution in [2.24, 2.45) is 11.3 Å². The summed E-state index contributed by atoms with van der Waals surface area (Å²) in [4.78, 5) is 13.2. The van der Waals surface area contributed by atoms with Gasteiger partial charge in [0.25, 0.3) is 0 Å². The van der Waals surface area contributed by atoms with Crippen LogP contribution in [0.15, 0.2) is 18.2 Å². The molecule has 1 saturated heterocycles. The molecule has 1 amide bonds. The SMILES string of the molecule is CN1CC(COc2cc(F)cc(C#CC(C)(C)C)c2)CCC1=O. The third kappa shape index (κ3) is 5.59. The molecule has 1 atom stereocenters. The van der Waals surface area contributed by atoms with Gasteiger partial charge in [-0.2, -0.15) is 0 Å². The molecular formula is C19H24FNO2. The Bertz CT molecular complexity index is 637. The number of rotatable bonds is 3. The molecule has 1 unspecified atom stereocenters. The first-order valence-corrected chi connectivity index (χ1v) is 7.93. The van der Waals surface area contributed by atoms with Crippen LogP contribution in [0.25, 0.3) is 0 Å². The summed E-state index contributed by atoms with van der Waals surface area (Å²) in [6.45, 7) is 7.20. The van der Waals surface area contributed by atoms with Crippen molar-refractivity contribution in [3.63, 3.8) is 0 Å². The summed E-state index contributed by atoms with van der Waals surface area (Å²) in [6, 6.07) is 4.55. The molecular weight excluding hydrogens is 293 g/mol. The summed E-state index contributed by atoms with van der Waals surface area (Å²) >= 11 is 0. The molecule has 1 fully saturated rings. The highest BCUT2D eigenvalue weighted by Gasteiger charge is 2.23. The van der Waals surface area contributed by atoms with Crippen LogP contribution in [0.4, 0.5) is 4.39 Å². The van der Waals surface area contributed by atoms with E-state index in [1.165, 1.54) is 12.1 Å². The van der Waals surface area contributed by atoms with Gasteiger partial charge in [-0.25, -0.2) is 4.39 Å². The lowest BCUT2D eigenvalue weighted by Crippen LogP contribution is -2.38. The molecule has 1 aliphatic rings. The zero-order valence-electron chi connectivity index (χ0n) is 14.3. The fourth-order valence-electron chi connectivity index (χ4n) is 2.43. The first-order chi connectivity index (χ1) is 10.7. The number of carbonyl (C=O) groups excluding carboxylic acids is 1. The zero-order valence-corrected chi connectivity index (χ0v) is 14.3. The minimum atomic E-state index is -0.350. The Hall–Kier alpha value is -2.02. The van der Waals surface area contributed by atoms with Crippen LogP contribution in [0.1, 0.15) is 39.2 Å². The predicted octanol–water partition coefficient (Wildman–Crippen LogP) is 3.47. The average molecular weight is 317 g/mol. The first-order valence-electron chi connectivity index (χ1n) is 7.93. The normalized spacial score (nSPS) is 18.4. The summed E-state index contributed by atoms with van der Waals surface area (Å²) in [5.41, 5.74) is 0.484. The van der Waals surface area contributed by atoms with Crippen molar-refractivity contribution in [2.45, 2.75) is 33.6 Å². The van der Waals surface area contributed by atoms with E-state index >= 15 is 0 Å². The van der Waals surface area contributed by atoms with Crippen LogP contribution in [0.2, 0.25) is 0 Å². The number of hydrogen-bond donors (Lipinski definition) is 0. The van der Waals surface area contributed by atoms with E-state index in [1.807, 2.05) is 20.8 Å². The number of likely N-dealkylation sites (tertiary alicyclic amines) is 1. The van der Waals surface area contributed by atoms with Gasteiger partial charge in [0.1, 0.15) is 11.6 Å². The van der Waals surface area contributed by atoms with E-state index in [0.717, 1.165) is 6.42 Å². The monoisotopic (exact) mass is 317 g/mol. The van der Waals surface area contributed by atoms with Crippen molar-refractivity contribution >= 4 is 5.91 Å². The lowest BCUT2D eigenvalue weighted by Gasteiger charge is -2.29. The van der Waals surface area contributed by atoms with Crippen LogP contribution in [-0.2, 0) is 4.79 Å². The summed E-state index contributed by atoms with van der Waals surface area (Å²) in [7, 11) is 1.80. The van der Waals surface area contributed by atoms with Crippen molar-refractivity contribution in [1.82, 2.24) is 4.90 Å². The topological polar surface area (TPSA) is 29.5 Å². The second-order valence-electron chi connectivity index (χ2n) is 7.17. The fourth-order valence-corrected chi connectivity index (χ4v) is 2.43. The predicted molar refractivity (Wildman–Crippen MR) is 88.6 cm³/mol. The molecule has 0 saturated carbocycles. The summed E-state index contributed by atoms with van der Waals surface area (Å²) in [6.07, 6.45) is 1.37. The van der Waals surface area contributed by atoms with E-state index in [-0.39, 0.29) is 23.1 Å². The Morgan fingerprint density at radius 1 is 1.35 bits per heavy atom. The summed E-state index contributed by atoms with van der Waals surface area (Å²) in [5, 5.41) is 0. The van der Waals surface area contributed by atoms with Crippen molar-refractivity contribution < 1.29 is 13.9 Å². The number of amides is 1. The third-order valence-electron chi connectivity index (χ3n) is 3.66. The zero-order chi connectivity index (χ0) is 17.0. The van der Waals surface area contributed by atoms with Gasteiger partial charge in [0.15, 0.2) is 0 Å². The number of ether oxygens (including phenoxy) is 1. The molecule has 4 heteroatoms. The highest BCUT2D eigenvalue weighted by molar-refractivity contribution is 5.76. The van der Waals surface area contributed by atoms with Crippen molar-refractivity contribution in [1.29, 1.82) is 0 Å². The molecule has 23 heavy (non-hydrogen) atoms. The molecule has 2 rings (SSSR count). The number of piperidine rings is 1. The lowest BCUT2D eigenvalue weighted by molar-refractivity contribution is -0.133. The minimum absolute atomic E-state index is 0.132. The quantitative estimate of drug-likeness (QED) is 0.799. The van der Waals surface area contributed by atoms with Gasteiger partial charge in [0.05, 0.1) is 6.61 Å². The maximum absolute atomic E-state index is 13.7. The maximum Gasteiger partial charge on any atom is 0.222 e. The highest BCUT2D eigenvalue weighted by Crippen LogP contribution is 2.21. The van der Waals surface area contributed by atoms with Gasteiger partial charge < -0.3 is 9.64 Å². The van der Waals surface area contributed by atoms with Gasteiger partial charge in [0, 0.05) is 43.0 Å². The Morgan fingerprint density at radius 3 is 2.74 bits per heavy atom. The number of benzene rings is 1. The van der Waals surface area contributed by atoms with Crippen LogP contribution in [-0.4, -0.2) is 31.0 Å². The van der Waals surface area contributed by atoms with Gasteiger partial charge >= 0.3 is 0 Å². The minimum Gasteiger partial charge on any atom is -0.493 e. The Kier molecular flexibility index (Phi) is 5.30. The third-order valence-corrected chi connectivity index (χ3v) is 3.66. The lowest BCUT2D eigenvalue weighted by atomic mass is 9.97. The van der Waals surface area contributed by atoms with Crippen molar-refractivity contribution in [3.8, 4) is 17.6 Å². The molecule has 0 spiro atoms. The van der Waals surface area contributed by atoms with E-state index in [2.05, 4.69) is 11.8 Å². The summed E-state index contributed by atoms with van der Waals surface area (Å²) < 4.78 is 19.5. The second-order valence-corrected chi connectivity index (χ2v) is 7.17. The molecule has 0 aliphatic carbocycles. The molecule has 0 bridgehead atoms. The highest BCUT2D eigenvalue weighted by atomic mass is 19.1. The van der Waals surface area contributed by atoms with Gasteiger partial charge in [0.2, 0.25) is 5.91 Å². The second kappa shape index (κ2) is 7.04. The molecule has 1 aliphatic heterocycles. The Balaban J connectivity index is 2.01. The maximum atomic E-state index is 13.7. The molecule has 0 radical (unpaired) electrons. The average Bonchev–Trinajstić information content (AvgIpc) is 2.45. The van der Waals surface area contributed by atoms with Crippen LogP contribution < -0.4 is 4.74 Å². The number of hydrogen-bond acceptors (Lipinski definition) is 2. The van der Waals surface area contributed by atoms with E-state index < -0.39 is 0 Å². The molecule has 1 aromatic rings. The van der Waals surface area contributed by atoms with Crippen LogP contribution in [0, 0.1) is 29.0 Å². The van der Waals surface area contributed by atoms with Crippen LogP contribution >= 0.6 is 0 Å². The van der Waals surface area contributed by atoms with Crippen molar-refractivity contribution in [3.05, 3.63) is 29.6 Å². The van der Waals surface area contributed by atoms with Gasteiger partial charge in [-0.1, -0.05) is 11.8 Å². The Morgan fingerprint density at radius 2 is 2.09 bits per heavy atom. The van der Waals surface area contributed by atoms with Gasteiger partial charge in [-0.15, -0.1) is 0 Å². The standard InChI is InChI=1S/C19H24FNO2/c1-19(2,3)8-7-14-9-16(20)11-17(10-14)23-13-15-5-6-18(22)21(4)12-15/h9-11,15H,5-6,12-13H2,1-4H3. The van der Waals surface area contributed by atoms with E-state index in [1.54, 1.807) is 18.0 Å². The number of nitrogens with zero attached hydrogens (tertiary/aromatic N) is 1. The van der Waals surface area contributed by atoms with E-state index in [9.17, 15) is 9.18 Å². The van der Waals surface area contributed by atoms with E-state index in [4.69, 9.17) is 4.74 Å². The molecule has 1 heterocycles. The van der Waals surface area contributed by atoms with Gasteiger partial charge in [-0.05, 0) is 39.3 Å². The summed E-state index contributed by atoms with van der Waals surface area (Å²) in [5.74, 6) is 6.68.